The summed E-state index contributed by atoms with van der Waals surface area (Å²) in [5, 5.41) is 8.68. The molecule has 0 aromatic carbocycles. The van der Waals surface area contributed by atoms with Crippen molar-refractivity contribution >= 4 is 0 Å². The van der Waals surface area contributed by atoms with Gasteiger partial charge in [0.05, 0.1) is 13.2 Å². The quantitative estimate of drug-likeness (QED) is 0.663. The van der Waals surface area contributed by atoms with Gasteiger partial charge < -0.3 is 15.0 Å². The average Bonchev–Trinajstić information content (AvgIpc) is 2.60. The van der Waals surface area contributed by atoms with Gasteiger partial charge in [0, 0.05) is 19.3 Å². The third kappa shape index (κ3) is 2.90. The topological polar surface area (TPSA) is 64.0 Å². The second-order valence-electron chi connectivity index (χ2n) is 2.60. The Morgan fingerprint density at radius 2 is 2.38 bits per heavy atom. The van der Waals surface area contributed by atoms with Gasteiger partial charge in [-0.1, -0.05) is 0 Å². The second-order valence-corrected chi connectivity index (χ2v) is 2.60. The van der Waals surface area contributed by atoms with Crippen LogP contribution in [-0.2, 0) is 11.3 Å². The first-order chi connectivity index (χ1) is 6.38. The summed E-state index contributed by atoms with van der Waals surface area (Å²) in [5.41, 5.74) is 5.92. The lowest BCUT2D eigenvalue weighted by Gasteiger charge is -2.04. The highest BCUT2D eigenvalue weighted by Crippen LogP contribution is 1.99. The van der Waals surface area contributed by atoms with E-state index in [2.05, 4.69) is 6.07 Å². The first-order valence-electron chi connectivity index (χ1n) is 4.21. The maximum absolute atomic E-state index is 8.68. The van der Waals surface area contributed by atoms with Gasteiger partial charge in [0.25, 0.3) is 0 Å². The van der Waals surface area contributed by atoms with Gasteiger partial charge in [-0.05, 0) is 12.1 Å². The number of nitrogens with zero attached hydrogens (tertiary/aromatic N) is 2. The van der Waals surface area contributed by atoms with Crippen molar-refractivity contribution < 1.29 is 4.74 Å². The minimum absolute atomic E-state index is 0.538. The van der Waals surface area contributed by atoms with Crippen LogP contribution in [-0.4, -0.2) is 24.3 Å². The zero-order valence-corrected chi connectivity index (χ0v) is 7.44. The molecule has 1 aromatic heterocycles. The average molecular weight is 179 g/mol. The number of nitrogens with two attached hydrogens (primary N) is 1. The van der Waals surface area contributed by atoms with Crippen LogP contribution in [0.15, 0.2) is 18.3 Å². The first kappa shape index (κ1) is 9.78. The van der Waals surface area contributed by atoms with Gasteiger partial charge in [-0.3, -0.25) is 0 Å². The highest BCUT2D eigenvalue weighted by molar-refractivity contribution is 5.21. The monoisotopic (exact) mass is 179 g/mol. The summed E-state index contributed by atoms with van der Waals surface area (Å²) in [6, 6.07) is 5.73. The van der Waals surface area contributed by atoms with Gasteiger partial charge in [0.1, 0.15) is 11.8 Å². The Kier molecular flexibility index (Phi) is 4.03. The molecule has 0 saturated carbocycles. The predicted octanol–water partition coefficient (Wildman–Crippen LogP) is 0.335. The Morgan fingerprint density at radius 3 is 3.08 bits per heavy atom. The van der Waals surface area contributed by atoms with Gasteiger partial charge >= 0.3 is 0 Å². The molecule has 0 radical (unpaired) electrons. The normalized spacial score (nSPS) is 9.85. The fourth-order valence-corrected chi connectivity index (χ4v) is 1.06. The molecule has 0 saturated heterocycles. The molecule has 0 amide bonds. The van der Waals surface area contributed by atoms with E-state index in [0.29, 0.717) is 32.0 Å². The first-order valence-corrected chi connectivity index (χ1v) is 4.21. The number of hydrogen-bond acceptors (Lipinski definition) is 3. The van der Waals surface area contributed by atoms with Crippen LogP contribution in [0.1, 0.15) is 5.69 Å². The largest absolute Gasteiger partial charge is 0.378 e. The van der Waals surface area contributed by atoms with Crippen molar-refractivity contribution in [1.29, 1.82) is 5.26 Å². The van der Waals surface area contributed by atoms with Gasteiger partial charge in [-0.15, -0.1) is 0 Å². The molecule has 2 N–H and O–H groups in total. The molecule has 1 heterocycles. The molecule has 13 heavy (non-hydrogen) atoms. The molecule has 4 nitrogen and oxygen atoms in total. The number of nitriles is 1. The summed E-state index contributed by atoms with van der Waals surface area (Å²) in [4.78, 5) is 0. The maximum Gasteiger partial charge on any atom is 0.120 e. The molecule has 0 atom stereocenters. The Bertz CT molecular complexity index is 287. The fourth-order valence-electron chi connectivity index (χ4n) is 1.06. The van der Waals surface area contributed by atoms with E-state index in [-0.39, 0.29) is 0 Å². The third-order valence-electron chi connectivity index (χ3n) is 1.68. The van der Waals surface area contributed by atoms with Crippen molar-refractivity contribution in [2.24, 2.45) is 5.73 Å². The molecule has 0 fully saturated rings. The number of aromatic nitrogens is 1. The van der Waals surface area contributed by atoms with Crippen LogP contribution in [0.25, 0.3) is 0 Å². The van der Waals surface area contributed by atoms with Gasteiger partial charge in [-0.2, -0.15) is 5.26 Å². The van der Waals surface area contributed by atoms with Crippen LogP contribution in [0, 0.1) is 11.3 Å². The van der Waals surface area contributed by atoms with E-state index in [0.717, 1.165) is 0 Å². The summed E-state index contributed by atoms with van der Waals surface area (Å²) in [6.45, 7) is 2.41. The van der Waals surface area contributed by atoms with Crippen LogP contribution < -0.4 is 5.73 Å². The van der Waals surface area contributed by atoms with E-state index >= 15 is 0 Å². The Balaban J connectivity index is 2.33. The molecule has 0 unspecified atom stereocenters. The molecule has 1 aromatic rings. The van der Waals surface area contributed by atoms with Crippen LogP contribution >= 0.6 is 0 Å². The van der Waals surface area contributed by atoms with E-state index in [1.807, 2.05) is 16.8 Å². The molecule has 0 aliphatic carbocycles. The summed E-state index contributed by atoms with van der Waals surface area (Å²) < 4.78 is 7.06. The summed E-state index contributed by atoms with van der Waals surface area (Å²) in [5.74, 6) is 0. The van der Waals surface area contributed by atoms with Crippen molar-refractivity contribution in [2.75, 3.05) is 19.8 Å². The highest BCUT2D eigenvalue weighted by atomic mass is 16.5. The van der Waals surface area contributed by atoms with E-state index in [1.165, 1.54) is 0 Å². The molecule has 0 aliphatic rings. The zero-order valence-electron chi connectivity index (χ0n) is 7.44. The van der Waals surface area contributed by atoms with Gasteiger partial charge in [-0.25, -0.2) is 0 Å². The van der Waals surface area contributed by atoms with Crippen LogP contribution in [0.3, 0.4) is 0 Å². The molecule has 0 spiro atoms. The highest BCUT2D eigenvalue weighted by Gasteiger charge is 1.97. The van der Waals surface area contributed by atoms with Crippen molar-refractivity contribution in [3.8, 4) is 6.07 Å². The number of ether oxygens (including phenoxy) is 1. The standard InChI is InChI=1S/C9H13N3O/c10-3-6-13-7-5-12-4-1-2-9(12)8-11/h1-2,4H,3,5-7,10H2. The SMILES string of the molecule is N#Cc1cccn1CCOCCN. The molecule has 0 aliphatic heterocycles. The third-order valence-corrected chi connectivity index (χ3v) is 1.68. The molecular weight excluding hydrogens is 166 g/mol. The van der Waals surface area contributed by atoms with Gasteiger partial charge in [0.2, 0.25) is 0 Å². The Hall–Kier alpha value is -1.31. The second kappa shape index (κ2) is 5.36. The maximum atomic E-state index is 8.68. The van der Waals surface area contributed by atoms with E-state index in [1.54, 1.807) is 6.07 Å². The van der Waals surface area contributed by atoms with Crippen LogP contribution in [0.2, 0.25) is 0 Å². The summed E-state index contributed by atoms with van der Waals surface area (Å²) in [7, 11) is 0. The lowest BCUT2D eigenvalue weighted by atomic mass is 10.5. The smallest absolute Gasteiger partial charge is 0.120 e. The van der Waals surface area contributed by atoms with Gasteiger partial charge in [0.15, 0.2) is 0 Å². The lowest BCUT2D eigenvalue weighted by Crippen LogP contribution is -2.12. The molecule has 70 valence electrons. The van der Waals surface area contributed by atoms with Crippen molar-refractivity contribution in [3.05, 3.63) is 24.0 Å². The molecular formula is C9H13N3O. The lowest BCUT2D eigenvalue weighted by molar-refractivity contribution is 0.133. The fraction of sp³-hybridized carbons (Fsp3) is 0.444. The van der Waals surface area contributed by atoms with E-state index < -0.39 is 0 Å². The van der Waals surface area contributed by atoms with Crippen molar-refractivity contribution in [1.82, 2.24) is 4.57 Å². The number of rotatable bonds is 5. The molecule has 1 rings (SSSR count). The van der Waals surface area contributed by atoms with Crippen molar-refractivity contribution in [3.63, 3.8) is 0 Å². The molecule has 4 heteroatoms. The minimum atomic E-state index is 0.538. The summed E-state index contributed by atoms with van der Waals surface area (Å²) in [6.07, 6.45) is 1.87. The van der Waals surface area contributed by atoms with E-state index in [4.69, 9.17) is 15.7 Å². The van der Waals surface area contributed by atoms with E-state index in [9.17, 15) is 0 Å². The van der Waals surface area contributed by atoms with Crippen molar-refractivity contribution in [2.45, 2.75) is 6.54 Å². The molecule has 0 bridgehead atoms. The Labute approximate surface area is 77.5 Å². The van der Waals surface area contributed by atoms with Crippen LogP contribution in [0.5, 0.6) is 0 Å². The predicted molar refractivity (Wildman–Crippen MR) is 49.0 cm³/mol. The summed E-state index contributed by atoms with van der Waals surface area (Å²) >= 11 is 0. The Morgan fingerprint density at radius 1 is 1.54 bits per heavy atom. The zero-order chi connectivity index (χ0) is 9.52. The number of hydrogen-bond donors (Lipinski definition) is 1. The van der Waals surface area contributed by atoms with Crippen LogP contribution in [0.4, 0.5) is 0 Å². The minimum Gasteiger partial charge on any atom is -0.378 e.